The third-order valence-corrected chi connectivity index (χ3v) is 2.54. The largest absolute Gasteiger partial charge is 0.477 e. The fraction of sp³-hybridized carbons (Fsp3) is 0.308. The molecule has 0 atom stereocenters. The van der Waals surface area contributed by atoms with Gasteiger partial charge in [0.1, 0.15) is 18.6 Å². The molecule has 0 fully saturated rings. The van der Waals surface area contributed by atoms with Gasteiger partial charge < -0.3 is 20.2 Å². The molecule has 0 amide bonds. The summed E-state index contributed by atoms with van der Waals surface area (Å²) >= 11 is 0. The van der Waals surface area contributed by atoms with Gasteiger partial charge in [-0.1, -0.05) is 0 Å². The number of anilines is 1. The minimum Gasteiger partial charge on any atom is -0.477 e. The van der Waals surface area contributed by atoms with Gasteiger partial charge in [-0.05, 0) is 35.9 Å². The second-order valence-corrected chi connectivity index (χ2v) is 4.21. The minimum atomic E-state index is -0.587. The molecular formula is C13H15N5O3. The first kappa shape index (κ1) is 14.6. The first-order valence-corrected chi connectivity index (χ1v) is 6.40. The Hall–Kier alpha value is -2.77. The highest BCUT2D eigenvalue weighted by Crippen LogP contribution is 2.23. The van der Waals surface area contributed by atoms with E-state index in [4.69, 9.17) is 4.74 Å². The molecule has 0 aliphatic heterocycles. The summed E-state index contributed by atoms with van der Waals surface area (Å²) in [5, 5.41) is 13.9. The molecule has 2 aromatic heterocycles. The van der Waals surface area contributed by atoms with Crippen molar-refractivity contribution in [3.05, 3.63) is 46.0 Å². The van der Waals surface area contributed by atoms with Crippen LogP contribution in [0.3, 0.4) is 0 Å². The molecule has 8 nitrogen and oxygen atoms in total. The summed E-state index contributed by atoms with van der Waals surface area (Å²) < 4.78 is 5.42. The lowest BCUT2D eigenvalue weighted by atomic mass is 10.4. The van der Waals surface area contributed by atoms with Gasteiger partial charge in [-0.3, -0.25) is 0 Å². The van der Waals surface area contributed by atoms with Crippen LogP contribution in [0.1, 0.15) is 18.4 Å². The predicted molar refractivity (Wildman–Crippen MR) is 76.2 cm³/mol. The van der Waals surface area contributed by atoms with Gasteiger partial charge in [-0.15, -0.1) is 0 Å². The molecule has 1 N–H and O–H groups in total. The Morgan fingerprint density at radius 2 is 2.24 bits per heavy atom. The molecule has 0 saturated carbocycles. The van der Waals surface area contributed by atoms with Crippen LogP contribution < -0.4 is 10.1 Å². The SMILES string of the molecule is CCNc1cc(C)nc(COc2cccnc2[N+](=O)[O-])n1. The number of pyridine rings is 1. The van der Waals surface area contributed by atoms with Crippen molar-refractivity contribution in [3.8, 4) is 5.75 Å². The van der Waals surface area contributed by atoms with E-state index in [1.165, 1.54) is 12.3 Å². The number of nitro groups is 1. The molecule has 0 aliphatic carbocycles. The van der Waals surface area contributed by atoms with E-state index < -0.39 is 4.92 Å². The molecule has 0 radical (unpaired) electrons. The lowest BCUT2D eigenvalue weighted by molar-refractivity contribution is -0.390. The molecule has 2 heterocycles. The number of aryl methyl sites for hydroxylation is 1. The third kappa shape index (κ3) is 3.85. The van der Waals surface area contributed by atoms with Crippen molar-refractivity contribution >= 4 is 11.6 Å². The fourth-order valence-electron chi connectivity index (χ4n) is 1.74. The van der Waals surface area contributed by atoms with Gasteiger partial charge in [0.25, 0.3) is 0 Å². The Balaban J connectivity index is 2.15. The normalized spacial score (nSPS) is 10.2. The molecule has 110 valence electrons. The summed E-state index contributed by atoms with van der Waals surface area (Å²) in [7, 11) is 0. The molecule has 0 unspecified atom stereocenters. The maximum atomic E-state index is 10.8. The van der Waals surface area contributed by atoms with Crippen molar-refractivity contribution in [1.82, 2.24) is 15.0 Å². The van der Waals surface area contributed by atoms with Crippen molar-refractivity contribution < 1.29 is 9.66 Å². The van der Waals surface area contributed by atoms with Crippen LogP contribution in [-0.4, -0.2) is 26.4 Å². The third-order valence-electron chi connectivity index (χ3n) is 2.54. The van der Waals surface area contributed by atoms with Crippen molar-refractivity contribution in [1.29, 1.82) is 0 Å². The number of hydrogen-bond acceptors (Lipinski definition) is 7. The van der Waals surface area contributed by atoms with Crippen LogP contribution in [0.15, 0.2) is 24.4 Å². The predicted octanol–water partition coefficient (Wildman–Crippen LogP) is 2.10. The van der Waals surface area contributed by atoms with Gasteiger partial charge in [-0.25, -0.2) is 9.97 Å². The molecule has 2 rings (SSSR count). The average molecular weight is 289 g/mol. The second kappa shape index (κ2) is 6.60. The molecule has 0 bridgehead atoms. The Morgan fingerprint density at radius 3 is 2.95 bits per heavy atom. The molecule has 0 aromatic carbocycles. The number of hydrogen-bond donors (Lipinski definition) is 1. The van der Waals surface area contributed by atoms with Crippen LogP contribution in [0.4, 0.5) is 11.6 Å². The van der Waals surface area contributed by atoms with E-state index in [1.807, 2.05) is 19.9 Å². The fourth-order valence-corrected chi connectivity index (χ4v) is 1.74. The monoisotopic (exact) mass is 289 g/mol. The Morgan fingerprint density at radius 1 is 1.43 bits per heavy atom. The number of nitrogens with zero attached hydrogens (tertiary/aromatic N) is 4. The quantitative estimate of drug-likeness (QED) is 0.641. The van der Waals surface area contributed by atoms with E-state index in [9.17, 15) is 10.1 Å². The van der Waals surface area contributed by atoms with Crippen LogP contribution in [0, 0.1) is 17.0 Å². The Kier molecular flexibility index (Phi) is 4.60. The lowest BCUT2D eigenvalue weighted by Crippen LogP contribution is -2.08. The molecule has 0 saturated heterocycles. The topological polar surface area (TPSA) is 103 Å². The summed E-state index contributed by atoms with van der Waals surface area (Å²) in [5.41, 5.74) is 0.792. The van der Waals surface area contributed by atoms with Crippen LogP contribution >= 0.6 is 0 Å². The first-order valence-electron chi connectivity index (χ1n) is 6.40. The van der Waals surface area contributed by atoms with Crippen molar-refractivity contribution in [3.63, 3.8) is 0 Å². The van der Waals surface area contributed by atoms with Crippen LogP contribution in [0.2, 0.25) is 0 Å². The van der Waals surface area contributed by atoms with E-state index in [1.54, 1.807) is 6.07 Å². The molecule has 0 spiro atoms. The highest BCUT2D eigenvalue weighted by atomic mass is 16.6. The molecule has 2 aromatic rings. The smallest absolute Gasteiger partial charge is 0.406 e. The summed E-state index contributed by atoms with van der Waals surface area (Å²) in [6.07, 6.45) is 1.34. The zero-order valence-electron chi connectivity index (χ0n) is 11.7. The van der Waals surface area contributed by atoms with E-state index in [-0.39, 0.29) is 18.2 Å². The lowest BCUT2D eigenvalue weighted by Gasteiger charge is -2.08. The summed E-state index contributed by atoms with van der Waals surface area (Å²) in [6, 6.07) is 4.88. The van der Waals surface area contributed by atoms with Gasteiger partial charge in [0, 0.05) is 18.3 Å². The first-order chi connectivity index (χ1) is 10.1. The van der Waals surface area contributed by atoms with Gasteiger partial charge in [0.15, 0.2) is 5.82 Å². The van der Waals surface area contributed by atoms with E-state index in [0.29, 0.717) is 11.6 Å². The Labute approximate surface area is 121 Å². The minimum absolute atomic E-state index is 0.0343. The van der Waals surface area contributed by atoms with Crippen molar-refractivity contribution in [2.45, 2.75) is 20.5 Å². The summed E-state index contributed by atoms with van der Waals surface area (Å²) in [4.78, 5) is 22.5. The molecule has 0 aliphatic rings. The zero-order valence-corrected chi connectivity index (χ0v) is 11.7. The second-order valence-electron chi connectivity index (χ2n) is 4.21. The average Bonchev–Trinajstić information content (AvgIpc) is 2.45. The molecular weight excluding hydrogens is 274 g/mol. The van der Waals surface area contributed by atoms with Crippen LogP contribution in [-0.2, 0) is 6.61 Å². The number of aromatic nitrogens is 3. The van der Waals surface area contributed by atoms with Gasteiger partial charge in [0.05, 0.1) is 0 Å². The summed E-state index contributed by atoms with van der Waals surface area (Å²) in [5.74, 6) is 0.919. The van der Waals surface area contributed by atoms with Crippen molar-refractivity contribution in [2.24, 2.45) is 0 Å². The molecule has 21 heavy (non-hydrogen) atoms. The highest BCUT2D eigenvalue weighted by Gasteiger charge is 2.16. The van der Waals surface area contributed by atoms with Crippen LogP contribution in [0.25, 0.3) is 0 Å². The van der Waals surface area contributed by atoms with E-state index >= 15 is 0 Å². The maximum Gasteiger partial charge on any atom is 0.406 e. The van der Waals surface area contributed by atoms with E-state index in [2.05, 4.69) is 20.3 Å². The number of nitrogens with one attached hydrogen (secondary N) is 1. The zero-order chi connectivity index (χ0) is 15.2. The number of ether oxygens (including phenoxy) is 1. The highest BCUT2D eigenvalue weighted by molar-refractivity contribution is 5.39. The maximum absolute atomic E-state index is 10.8. The van der Waals surface area contributed by atoms with Crippen molar-refractivity contribution in [2.75, 3.05) is 11.9 Å². The standard InChI is InChI=1S/C13H15N5O3/c1-3-14-11-7-9(2)16-12(17-11)8-21-10-5-4-6-15-13(10)18(19)20/h4-7H,3,8H2,1-2H3,(H,14,16,17). The Bertz CT molecular complexity index is 647. The van der Waals surface area contributed by atoms with Gasteiger partial charge in [-0.2, -0.15) is 0 Å². The van der Waals surface area contributed by atoms with Gasteiger partial charge in [0.2, 0.25) is 5.75 Å². The van der Waals surface area contributed by atoms with Crippen LogP contribution in [0.5, 0.6) is 5.75 Å². The van der Waals surface area contributed by atoms with E-state index in [0.717, 1.165) is 12.2 Å². The summed E-state index contributed by atoms with van der Waals surface area (Å²) in [6.45, 7) is 4.59. The molecule has 8 heteroatoms. The number of rotatable bonds is 6. The van der Waals surface area contributed by atoms with Gasteiger partial charge >= 0.3 is 5.82 Å².